The van der Waals surface area contributed by atoms with Crippen molar-refractivity contribution in [2.75, 3.05) is 11.1 Å². The molecule has 1 heterocycles. The first kappa shape index (κ1) is 12.9. The summed E-state index contributed by atoms with van der Waals surface area (Å²) in [5.74, 6) is 0.233. The van der Waals surface area contributed by atoms with Crippen LogP contribution in [0.2, 0.25) is 0 Å². The van der Waals surface area contributed by atoms with Crippen LogP contribution in [0, 0.1) is 11.3 Å². The average molecular weight is 264 g/mol. The fraction of sp³-hybridized carbons (Fsp3) is 0.462. The zero-order chi connectivity index (χ0) is 13.4. The second kappa shape index (κ2) is 4.29. The molecule has 1 aromatic carbocycles. The second-order valence-corrected chi connectivity index (χ2v) is 7.18. The van der Waals surface area contributed by atoms with E-state index < -0.39 is 15.4 Å². The Morgan fingerprint density at radius 3 is 2.78 bits per heavy atom. The molecule has 96 valence electrons. The van der Waals surface area contributed by atoms with Gasteiger partial charge in [0.25, 0.3) is 0 Å². The highest BCUT2D eigenvalue weighted by Crippen LogP contribution is 2.28. The van der Waals surface area contributed by atoms with E-state index in [1.165, 1.54) is 0 Å². The number of sulfone groups is 1. The summed E-state index contributed by atoms with van der Waals surface area (Å²) in [5, 5.41) is 12.1. The maximum Gasteiger partial charge on any atom is 0.178 e. The molecule has 1 aliphatic rings. The smallest absolute Gasteiger partial charge is 0.178 e. The minimum atomic E-state index is -3.10. The summed E-state index contributed by atoms with van der Waals surface area (Å²) < 4.78 is 23.7. The Bertz CT molecular complexity index is 612. The third-order valence-corrected chi connectivity index (χ3v) is 4.89. The number of rotatable bonds is 2. The number of hydrogen-bond donors (Lipinski definition) is 1. The molecule has 5 heteroatoms. The molecule has 18 heavy (non-hydrogen) atoms. The molecular weight excluding hydrogens is 248 g/mol. The number of hydrogen-bond acceptors (Lipinski definition) is 4. The fourth-order valence-corrected chi connectivity index (χ4v) is 3.69. The highest BCUT2D eigenvalue weighted by atomic mass is 32.2. The van der Waals surface area contributed by atoms with Crippen molar-refractivity contribution in [2.24, 2.45) is 0 Å². The largest absolute Gasteiger partial charge is 0.368 e. The summed E-state index contributed by atoms with van der Waals surface area (Å²) in [6.07, 6.45) is 1.44. The number of nitrogens with zero attached hydrogens (tertiary/aromatic N) is 1. The Morgan fingerprint density at radius 1 is 1.39 bits per heavy atom. The Labute approximate surface area is 108 Å². The Morgan fingerprint density at radius 2 is 2.11 bits per heavy atom. The van der Waals surface area contributed by atoms with E-state index in [2.05, 4.69) is 11.4 Å². The maximum absolute atomic E-state index is 11.9. The van der Waals surface area contributed by atoms with Crippen LogP contribution in [-0.4, -0.2) is 19.7 Å². The van der Waals surface area contributed by atoms with E-state index in [1.807, 2.05) is 6.07 Å². The van der Waals surface area contributed by atoms with Crippen LogP contribution in [-0.2, 0) is 16.3 Å². The summed E-state index contributed by atoms with van der Waals surface area (Å²) in [6, 6.07) is 7.36. The third-order valence-electron chi connectivity index (χ3n) is 2.99. The van der Waals surface area contributed by atoms with Gasteiger partial charge in [0, 0.05) is 5.69 Å². The minimum absolute atomic E-state index is 0.233. The Kier molecular flexibility index (Phi) is 3.07. The van der Waals surface area contributed by atoms with Crippen molar-refractivity contribution in [3.63, 3.8) is 0 Å². The second-order valence-electron chi connectivity index (χ2n) is 5.11. The van der Waals surface area contributed by atoms with Crippen molar-refractivity contribution in [1.82, 2.24) is 0 Å². The topological polar surface area (TPSA) is 70.0 Å². The van der Waals surface area contributed by atoms with Gasteiger partial charge in [0.2, 0.25) is 0 Å². The minimum Gasteiger partial charge on any atom is -0.368 e. The molecule has 0 radical (unpaired) electrons. The van der Waals surface area contributed by atoms with Crippen LogP contribution in [0.4, 0.5) is 5.69 Å². The van der Waals surface area contributed by atoms with Crippen molar-refractivity contribution in [3.8, 4) is 6.07 Å². The van der Waals surface area contributed by atoms with Gasteiger partial charge in [0.1, 0.15) is 5.54 Å². The highest BCUT2D eigenvalue weighted by Gasteiger charge is 2.24. The van der Waals surface area contributed by atoms with Gasteiger partial charge in [-0.2, -0.15) is 5.26 Å². The molecule has 0 aliphatic carbocycles. The van der Waals surface area contributed by atoms with Crippen LogP contribution in [0.15, 0.2) is 23.1 Å². The quantitative estimate of drug-likeness (QED) is 0.888. The van der Waals surface area contributed by atoms with Crippen molar-refractivity contribution in [1.29, 1.82) is 5.26 Å². The summed E-state index contributed by atoms with van der Waals surface area (Å²) in [4.78, 5) is 0.439. The molecule has 0 atom stereocenters. The molecule has 4 nitrogen and oxygen atoms in total. The van der Waals surface area contributed by atoms with Gasteiger partial charge in [0.15, 0.2) is 9.84 Å². The molecule has 2 rings (SSSR count). The number of nitriles is 1. The molecule has 1 aliphatic heterocycles. The van der Waals surface area contributed by atoms with Gasteiger partial charge < -0.3 is 5.32 Å². The maximum atomic E-state index is 11.9. The van der Waals surface area contributed by atoms with Crippen LogP contribution in [0.1, 0.15) is 25.8 Å². The first-order valence-electron chi connectivity index (χ1n) is 5.89. The Hall–Kier alpha value is -1.54. The van der Waals surface area contributed by atoms with Crippen LogP contribution >= 0.6 is 0 Å². The van der Waals surface area contributed by atoms with E-state index in [9.17, 15) is 8.42 Å². The predicted octanol–water partition coefficient (Wildman–Crippen LogP) is 2.12. The molecule has 0 saturated heterocycles. The van der Waals surface area contributed by atoms with Crippen molar-refractivity contribution < 1.29 is 8.42 Å². The number of benzene rings is 1. The number of fused-ring (bicyclic) bond motifs is 1. The molecule has 0 bridgehead atoms. The molecule has 1 aromatic rings. The van der Waals surface area contributed by atoms with Crippen LogP contribution < -0.4 is 5.32 Å². The predicted molar refractivity (Wildman–Crippen MR) is 70.1 cm³/mol. The lowest BCUT2D eigenvalue weighted by Gasteiger charge is -2.22. The van der Waals surface area contributed by atoms with Gasteiger partial charge >= 0.3 is 0 Å². The van der Waals surface area contributed by atoms with Crippen molar-refractivity contribution >= 4 is 15.5 Å². The molecular formula is C13H16N2O2S. The lowest BCUT2D eigenvalue weighted by Crippen LogP contribution is -2.28. The summed E-state index contributed by atoms with van der Waals surface area (Å²) in [6.45, 7) is 3.56. The Balaban J connectivity index is 2.38. The molecule has 0 fully saturated rings. The van der Waals surface area contributed by atoms with Crippen LogP contribution in [0.25, 0.3) is 0 Å². The molecule has 1 N–H and O–H groups in total. The SMILES string of the molecule is CC(C)(C#N)Nc1ccc2c(c1)CCCS2(=O)=O. The summed E-state index contributed by atoms with van der Waals surface area (Å²) in [5.41, 5.74) is 0.972. The number of aryl methyl sites for hydroxylation is 1. The first-order valence-corrected chi connectivity index (χ1v) is 7.54. The lowest BCUT2D eigenvalue weighted by molar-refractivity contribution is 0.586. The molecule has 0 amide bonds. The summed E-state index contributed by atoms with van der Waals surface area (Å²) >= 11 is 0. The van der Waals surface area contributed by atoms with E-state index in [0.29, 0.717) is 11.3 Å². The van der Waals surface area contributed by atoms with Crippen LogP contribution in [0.3, 0.4) is 0 Å². The van der Waals surface area contributed by atoms with Gasteiger partial charge in [-0.05, 0) is 50.5 Å². The van der Waals surface area contributed by atoms with E-state index in [1.54, 1.807) is 26.0 Å². The van der Waals surface area contributed by atoms with Gasteiger partial charge in [-0.15, -0.1) is 0 Å². The number of nitrogens with one attached hydrogen (secondary N) is 1. The number of anilines is 1. The average Bonchev–Trinajstić information content (AvgIpc) is 2.28. The lowest BCUT2D eigenvalue weighted by atomic mass is 10.1. The molecule has 0 saturated carbocycles. The standard InChI is InChI=1S/C13H16N2O2S/c1-13(2,9-14)15-11-5-6-12-10(8-11)4-3-7-18(12,16)17/h5-6,8,15H,3-4,7H2,1-2H3. The van der Waals surface area contributed by atoms with Gasteiger partial charge in [-0.3, -0.25) is 0 Å². The van der Waals surface area contributed by atoms with E-state index in [0.717, 1.165) is 17.7 Å². The summed E-state index contributed by atoms with van der Waals surface area (Å²) in [7, 11) is -3.10. The molecule has 0 aromatic heterocycles. The first-order chi connectivity index (χ1) is 8.34. The van der Waals surface area contributed by atoms with Gasteiger partial charge in [-0.1, -0.05) is 0 Å². The fourth-order valence-electron chi connectivity index (χ4n) is 2.11. The molecule has 0 unspecified atom stereocenters. The van der Waals surface area contributed by atoms with Crippen molar-refractivity contribution in [2.45, 2.75) is 37.1 Å². The van der Waals surface area contributed by atoms with Gasteiger partial charge in [0.05, 0.1) is 16.7 Å². The van der Waals surface area contributed by atoms with Crippen molar-refractivity contribution in [3.05, 3.63) is 23.8 Å². The third kappa shape index (κ3) is 2.49. The van der Waals surface area contributed by atoms with Crippen LogP contribution in [0.5, 0.6) is 0 Å². The monoisotopic (exact) mass is 264 g/mol. The molecule has 0 spiro atoms. The normalized spacial score (nSPS) is 17.6. The van der Waals surface area contributed by atoms with E-state index in [4.69, 9.17) is 5.26 Å². The highest BCUT2D eigenvalue weighted by molar-refractivity contribution is 7.91. The van der Waals surface area contributed by atoms with E-state index in [-0.39, 0.29) is 5.75 Å². The van der Waals surface area contributed by atoms with E-state index >= 15 is 0 Å². The zero-order valence-corrected chi connectivity index (χ0v) is 11.3. The van der Waals surface area contributed by atoms with Gasteiger partial charge in [-0.25, -0.2) is 8.42 Å². The zero-order valence-electron chi connectivity index (χ0n) is 10.5.